The second kappa shape index (κ2) is 6.13. The number of nitrogens with one attached hydrogen (secondary N) is 2. The Kier molecular flexibility index (Phi) is 4.84. The quantitative estimate of drug-likeness (QED) is 0.839. The fourth-order valence-electron chi connectivity index (χ4n) is 2.16. The third kappa shape index (κ3) is 4.10. The van der Waals surface area contributed by atoms with Crippen molar-refractivity contribution >= 4 is 31.6 Å². The Morgan fingerprint density at radius 1 is 1.24 bits per heavy atom. The molecule has 4 nitrogen and oxygen atoms in total. The Balaban J connectivity index is 2.23. The van der Waals surface area contributed by atoms with E-state index in [1.54, 1.807) is 0 Å². The summed E-state index contributed by atoms with van der Waals surface area (Å²) in [6.07, 6.45) is -3.66. The molecule has 1 saturated heterocycles. The van der Waals surface area contributed by atoms with Gasteiger partial charge in [0.05, 0.1) is 10.8 Å². The number of anilines is 1. The van der Waals surface area contributed by atoms with E-state index >= 15 is 0 Å². The van der Waals surface area contributed by atoms with Gasteiger partial charge in [-0.15, -0.1) is 0 Å². The number of piperidine rings is 1. The number of alkyl halides is 3. The molecule has 0 amide bonds. The maximum atomic E-state index is 12.8. The molecule has 9 heteroatoms. The van der Waals surface area contributed by atoms with Crippen molar-refractivity contribution in [3.05, 3.63) is 28.2 Å². The van der Waals surface area contributed by atoms with E-state index in [9.17, 15) is 21.6 Å². The number of benzene rings is 1. The number of hydrogen-bond donors (Lipinski definition) is 2. The van der Waals surface area contributed by atoms with E-state index in [1.165, 1.54) is 12.1 Å². The van der Waals surface area contributed by atoms with Crippen molar-refractivity contribution in [3.8, 4) is 0 Å². The maximum absolute atomic E-state index is 12.8. The standard InChI is InChI=1S/C12H14BrF3N2O2S/c13-11-2-1-8(7-10(11)12(14,15)16)18-21(19,20)9-3-5-17-6-4-9/h1-2,7,9,17-18H,3-6H2. The van der Waals surface area contributed by atoms with Crippen LogP contribution in [0, 0.1) is 0 Å². The summed E-state index contributed by atoms with van der Waals surface area (Å²) < 4.78 is 64.9. The molecule has 2 N–H and O–H groups in total. The number of halogens is 4. The van der Waals surface area contributed by atoms with Gasteiger partial charge >= 0.3 is 6.18 Å². The van der Waals surface area contributed by atoms with E-state index in [4.69, 9.17) is 0 Å². The lowest BCUT2D eigenvalue weighted by Gasteiger charge is -2.23. The lowest BCUT2D eigenvalue weighted by atomic mass is 10.2. The van der Waals surface area contributed by atoms with Crippen LogP contribution in [0.3, 0.4) is 0 Å². The zero-order chi connectivity index (χ0) is 15.7. The van der Waals surface area contributed by atoms with Crippen molar-refractivity contribution in [1.82, 2.24) is 5.32 Å². The van der Waals surface area contributed by atoms with E-state index < -0.39 is 27.0 Å². The Bertz CT molecular complexity index is 613. The molecule has 0 unspecified atom stereocenters. The van der Waals surface area contributed by atoms with Crippen molar-refractivity contribution in [2.45, 2.75) is 24.3 Å². The van der Waals surface area contributed by atoms with Gasteiger partial charge in [0.1, 0.15) is 0 Å². The third-order valence-corrected chi connectivity index (χ3v) is 5.82. The lowest BCUT2D eigenvalue weighted by molar-refractivity contribution is -0.138. The van der Waals surface area contributed by atoms with Gasteiger partial charge in [-0.1, -0.05) is 15.9 Å². The van der Waals surface area contributed by atoms with Crippen molar-refractivity contribution in [3.63, 3.8) is 0 Å². The van der Waals surface area contributed by atoms with Gasteiger partial charge in [-0.05, 0) is 44.1 Å². The highest BCUT2D eigenvalue weighted by atomic mass is 79.9. The van der Waals surface area contributed by atoms with Crippen molar-refractivity contribution in [2.75, 3.05) is 17.8 Å². The molecular formula is C12H14BrF3N2O2S. The topological polar surface area (TPSA) is 58.2 Å². The molecule has 0 aliphatic carbocycles. The first-order valence-electron chi connectivity index (χ1n) is 6.29. The molecule has 0 saturated carbocycles. The van der Waals surface area contributed by atoms with Crippen LogP contribution in [0.15, 0.2) is 22.7 Å². The molecule has 2 rings (SSSR count). The van der Waals surface area contributed by atoms with Crippen LogP contribution in [0.25, 0.3) is 0 Å². The SMILES string of the molecule is O=S(=O)(Nc1ccc(Br)c(C(F)(F)F)c1)C1CCNCC1. The first-order chi connectivity index (χ1) is 9.70. The minimum Gasteiger partial charge on any atom is -0.317 e. The Morgan fingerprint density at radius 2 is 1.86 bits per heavy atom. The van der Waals surface area contributed by atoms with Gasteiger partial charge in [0, 0.05) is 10.2 Å². The average molecular weight is 387 g/mol. The summed E-state index contributed by atoms with van der Waals surface area (Å²) in [5.41, 5.74) is -0.989. The van der Waals surface area contributed by atoms with Crippen molar-refractivity contribution in [2.24, 2.45) is 0 Å². The molecule has 0 radical (unpaired) electrons. The molecule has 21 heavy (non-hydrogen) atoms. The largest absolute Gasteiger partial charge is 0.417 e. The summed E-state index contributed by atoms with van der Waals surface area (Å²) in [5.74, 6) is 0. The highest BCUT2D eigenvalue weighted by molar-refractivity contribution is 9.10. The fraction of sp³-hybridized carbons (Fsp3) is 0.500. The lowest BCUT2D eigenvalue weighted by Crippen LogP contribution is -2.38. The van der Waals surface area contributed by atoms with Crippen LogP contribution in [-0.4, -0.2) is 26.8 Å². The second-order valence-corrected chi connectivity index (χ2v) is 7.60. The zero-order valence-corrected chi connectivity index (χ0v) is 13.3. The predicted molar refractivity (Wildman–Crippen MR) is 77.6 cm³/mol. The molecule has 0 bridgehead atoms. The van der Waals surface area contributed by atoms with E-state index in [2.05, 4.69) is 26.0 Å². The molecule has 0 spiro atoms. The van der Waals surface area contributed by atoms with Gasteiger partial charge in [-0.3, -0.25) is 4.72 Å². The monoisotopic (exact) mass is 386 g/mol. The second-order valence-electron chi connectivity index (χ2n) is 4.79. The fourth-order valence-corrected chi connectivity index (χ4v) is 4.11. The highest BCUT2D eigenvalue weighted by Crippen LogP contribution is 2.36. The molecule has 0 atom stereocenters. The smallest absolute Gasteiger partial charge is 0.317 e. The molecule has 118 valence electrons. The molecule has 1 fully saturated rings. The minimum atomic E-state index is -4.55. The van der Waals surface area contributed by atoms with Gasteiger partial charge in [0.15, 0.2) is 0 Å². The summed E-state index contributed by atoms with van der Waals surface area (Å²) in [4.78, 5) is 0. The number of sulfonamides is 1. The molecular weight excluding hydrogens is 373 g/mol. The van der Waals surface area contributed by atoms with Gasteiger partial charge in [0.2, 0.25) is 10.0 Å². The van der Waals surface area contributed by atoms with E-state index in [1.807, 2.05) is 0 Å². The van der Waals surface area contributed by atoms with Gasteiger partial charge in [-0.25, -0.2) is 8.42 Å². The first kappa shape index (κ1) is 16.6. The summed E-state index contributed by atoms with van der Waals surface area (Å²) in [6, 6.07) is 3.28. The highest BCUT2D eigenvalue weighted by Gasteiger charge is 2.34. The van der Waals surface area contributed by atoms with Crippen LogP contribution >= 0.6 is 15.9 Å². The average Bonchev–Trinajstić information content (AvgIpc) is 2.40. The molecule has 1 aromatic carbocycles. The summed E-state index contributed by atoms with van der Waals surface area (Å²) in [5, 5.41) is 2.45. The normalized spacial score (nSPS) is 17.7. The molecule has 1 heterocycles. The van der Waals surface area contributed by atoms with Crippen LogP contribution in [0.1, 0.15) is 18.4 Å². The van der Waals surface area contributed by atoms with E-state index in [0.29, 0.717) is 25.9 Å². The van der Waals surface area contributed by atoms with E-state index in [-0.39, 0.29) is 10.2 Å². The van der Waals surface area contributed by atoms with Gasteiger partial charge in [-0.2, -0.15) is 13.2 Å². The summed E-state index contributed by atoms with van der Waals surface area (Å²) in [6.45, 7) is 1.17. The van der Waals surface area contributed by atoms with Crippen molar-refractivity contribution in [1.29, 1.82) is 0 Å². The maximum Gasteiger partial charge on any atom is 0.417 e. The number of hydrogen-bond acceptors (Lipinski definition) is 3. The molecule has 0 aromatic heterocycles. The predicted octanol–water partition coefficient (Wildman–Crippen LogP) is 2.96. The van der Waals surface area contributed by atoms with Gasteiger partial charge in [0.25, 0.3) is 0 Å². The Labute approximate surface area is 129 Å². The van der Waals surface area contributed by atoms with Crippen LogP contribution in [-0.2, 0) is 16.2 Å². The van der Waals surface area contributed by atoms with Crippen LogP contribution in [0.5, 0.6) is 0 Å². The summed E-state index contributed by atoms with van der Waals surface area (Å²) in [7, 11) is -3.68. The minimum absolute atomic E-state index is 0.0796. The summed E-state index contributed by atoms with van der Waals surface area (Å²) >= 11 is 2.82. The van der Waals surface area contributed by atoms with Gasteiger partial charge < -0.3 is 5.32 Å². The third-order valence-electron chi connectivity index (χ3n) is 3.26. The van der Waals surface area contributed by atoms with Crippen molar-refractivity contribution < 1.29 is 21.6 Å². The zero-order valence-electron chi connectivity index (χ0n) is 10.9. The Morgan fingerprint density at radius 3 is 2.43 bits per heavy atom. The van der Waals surface area contributed by atoms with E-state index in [0.717, 1.165) is 6.07 Å². The first-order valence-corrected chi connectivity index (χ1v) is 8.63. The van der Waals surface area contributed by atoms with Crippen LogP contribution in [0.4, 0.5) is 18.9 Å². The molecule has 1 aliphatic rings. The Hall–Kier alpha value is -0.800. The van der Waals surface area contributed by atoms with Crippen LogP contribution < -0.4 is 10.0 Å². The number of rotatable bonds is 3. The molecule has 1 aromatic rings. The molecule has 1 aliphatic heterocycles. The van der Waals surface area contributed by atoms with Crippen LogP contribution in [0.2, 0.25) is 0 Å².